The molecular weight excluding hydrogens is 717 g/mol. The van der Waals surface area contributed by atoms with Gasteiger partial charge in [0.2, 0.25) is 0 Å². The molecule has 3 N–H and O–H groups in total. The minimum Gasteiger partial charge on any atom is -0.507 e. The van der Waals surface area contributed by atoms with Gasteiger partial charge in [-0.2, -0.15) is 0 Å². The highest BCUT2D eigenvalue weighted by molar-refractivity contribution is 8.00. The van der Waals surface area contributed by atoms with Gasteiger partial charge in [0.25, 0.3) is 0 Å². The molecule has 0 aromatic heterocycles. The van der Waals surface area contributed by atoms with Gasteiger partial charge in [0, 0.05) is 5.25 Å². The molecule has 1 aliphatic rings. The fraction of sp³-hybridized carbons (Fsp3) is 0.547. The third-order valence-electron chi connectivity index (χ3n) is 12.8. The number of unbranched alkanes of at least 4 members (excludes halogenated alkanes) is 8. The van der Waals surface area contributed by atoms with E-state index in [1.165, 1.54) is 73.6 Å². The minimum absolute atomic E-state index is 0.208. The average molecular weight is 791 g/mol. The lowest BCUT2D eigenvalue weighted by Gasteiger charge is -2.38. The summed E-state index contributed by atoms with van der Waals surface area (Å²) in [5, 5.41) is 35.3. The monoisotopic (exact) mass is 791 g/mol. The summed E-state index contributed by atoms with van der Waals surface area (Å²) in [5.74, 6) is 2.50. The number of hydrogen-bond acceptors (Lipinski definition) is 4. The quantitative estimate of drug-likeness (QED) is 0.0781. The summed E-state index contributed by atoms with van der Waals surface area (Å²) in [6, 6.07) is 22.1. The van der Waals surface area contributed by atoms with Gasteiger partial charge in [-0.15, -0.1) is 11.8 Å². The standard InChI is InChI=1S/C53H74O3S/c1-9-12-14-16-19-25-41-29-43(32-46(35(4)5)50(41)54)40-27-28-45(44-30-42(26-20-17-15-13-10-2)51(55)47(33-44)36(6)7)49(34-40)57-53-37(8)48(31-38(11-3)52(53)56)39-23-21-18-22-24-39/h18,21-24,29-33,35-36,40,45,49,54-56H,9-17,19-20,25-28,34H2,1-8H3. The lowest BCUT2D eigenvalue weighted by atomic mass is 9.74. The largest absolute Gasteiger partial charge is 0.507 e. The maximum Gasteiger partial charge on any atom is 0.132 e. The van der Waals surface area contributed by atoms with Crippen molar-refractivity contribution in [3.8, 4) is 28.4 Å². The van der Waals surface area contributed by atoms with Crippen LogP contribution in [0.2, 0.25) is 0 Å². The molecule has 4 aromatic carbocycles. The molecule has 3 nitrogen and oxygen atoms in total. The zero-order chi connectivity index (χ0) is 41.1. The molecule has 57 heavy (non-hydrogen) atoms. The molecule has 1 aliphatic carbocycles. The molecule has 0 saturated heterocycles. The van der Waals surface area contributed by atoms with E-state index in [9.17, 15) is 15.3 Å². The van der Waals surface area contributed by atoms with Crippen LogP contribution < -0.4 is 0 Å². The molecule has 0 heterocycles. The van der Waals surface area contributed by atoms with Crippen LogP contribution in [-0.4, -0.2) is 20.6 Å². The summed E-state index contributed by atoms with van der Waals surface area (Å²) in [6.07, 6.45) is 17.8. The lowest BCUT2D eigenvalue weighted by Crippen LogP contribution is -2.25. The zero-order valence-corrected chi connectivity index (χ0v) is 37.5. The van der Waals surface area contributed by atoms with Gasteiger partial charge >= 0.3 is 0 Å². The molecule has 4 heteroatoms. The number of aryl methyl sites for hydroxylation is 3. The van der Waals surface area contributed by atoms with Crippen molar-refractivity contribution in [3.63, 3.8) is 0 Å². The topological polar surface area (TPSA) is 60.7 Å². The molecule has 0 aliphatic heterocycles. The van der Waals surface area contributed by atoms with Gasteiger partial charge in [0.05, 0.1) is 4.90 Å². The Morgan fingerprint density at radius 1 is 0.614 bits per heavy atom. The number of thioether (sulfide) groups is 1. The Labute approximate surface area is 351 Å². The minimum atomic E-state index is 0.208. The van der Waals surface area contributed by atoms with E-state index >= 15 is 0 Å². The van der Waals surface area contributed by atoms with Crippen molar-refractivity contribution in [1.82, 2.24) is 0 Å². The van der Waals surface area contributed by atoms with Crippen LogP contribution in [0.5, 0.6) is 17.2 Å². The van der Waals surface area contributed by atoms with Gasteiger partial charge in [-0.3, -0.25) is 0 Å². The first-order valence-corrected chi connectivity index (χ1v) is 23.7. The number of rotatable bonds is 20. The van der Waals surface area contributed by atoms with Gasteiger partial charge < -0.3 is 15.3 Å². The van der Waals surface area contributed by atoms with Crippen molar-refractivity contribution in [1.29, 1.82) is 0 Å². The van der Waals surface area contributed by atoms with E-state index < -0.39 is 0 Å². The molecular formula is C53H74O3S. The van der Waals surface area contributed by atoms with E-state index in [1.54, 1.807) is 0 Å². The van der Waals surface area contributed by atoms with Crippen LogP contribution in [0.1, 0.15) is 200 Å². The number of hydrogen-bond donors (Lipinski definition) is 3. The fourth-order valence-corrected chi connectivity index (χ4v) is 10.9. The van der Waals surface area contributed by atoms with Gasteiger partial charge in [0.15, 0.2) is 0 Å². The summed E-state index contributed by atoms with van der Waals surface area (Å²) < 4.78 is 0. The Bertz CT molecular complexity index is 1880. The Kier molecular flexibility index (Phi) is 16.9. The zero-order valence-electron chi connectivity index (χ0n) is 36.7. The Hall–Kier alpha value is -3.37. The molecule has 0 radical (unpaired) electrons. The van der Waals surface area contributed by atoms with Crippen LogP contribution in [0.25, 0.3) is 11.1 Å². The highest BCUT2D eigenvalue weighted by Gasteiger charge is 2.36. The van der Waals surface area contributed by atoms with Crippen LogP contribution >= 0.6 is 11.8 Å². The highest BCUT2D eigenvalue weighted by Crippen LogP contribution is 2.53. The average Bonchev–Trinajstić information content (AvgIpc) is 3.20. The molecule has 0 bridgehead atoms. The summed E-state index contributed by atoms with van der Waals surface area (Å²) >= 11 is 1.89. The van der Waals surface area contributed by atoms with Gasteiger partial charge in [0.1, 0.15) is 17.2 Å². The van der Waals surface area contributed by atoms with E-state index in [0.717, 1.165) is 89.6 Å². The van der Waals surface area contributed by atoms with E-state index in [-0.39, 0.29) is 23.0 Å². The van der Waals surface area contributed by atoms with Crippen molar-refractivity contribution in [2.24, 2.45) is 0 Å². The second-order valence-electron chi connectivity index (χ2n) is 17.8. The molecule has 3 unspecified atom stereocenters. The van der Waals surface area contributed by atoms with Crippen molar-refractivity contribution in [3.05, 3.63) is 105 Å². The van der Waals surface area contributed by atoms with Crippen molar-refractivity contribution in [2.45, 2.75) is 192 Å². The second kappa shape index (κ2) is 21.6. The SMILES string of the molecule is CCCCCCCc1cc(C2CCC(c3cc(CCCCCCC)c(O)c(C(C)C)c3)C(Sc3c(C)c(-c4ccccc4)cc(CC)c3O)C2)cc(C(C)C)c1O. The second-order valence-corrected chi connectivity index (χ2v) is 19.0. The number of phenolic OH excluding ortho intramolecular Hbond substituents is 3. The third-order valence-corrected chi connectivity index (χ3v) is 14.4. The smallest absolute Gasteiger partial charge is 0.132 e. The van der Waals surface area contributed by atoms with Crippen LogP contribution in [0.3, 0.4) is 0 Å². The summed E-state index contributed by atoms with van der Waals surface area (Å²) in [5.41, 5.74) is 11.5. The molecule has 3 atom stereocenters. The maximum atomic E-state index is 12.0. The van der Waals surface area contributed by atoms with E-state index in [1.807, 2.05) is 11.8 Å². The van der Waals surface area contributed by atoms with Gasteiger partial charge in [-0.1, -0.05) is 154 Å². The first kappa shape index (κ1) is 44.7. The predicted octanol–water partition coefficient (Wildman–Crippen LogP) is 15.8. The number of benzene rings is 4. The van der Waals surface area contributed by atoms with Crippen LogP contribution in [-0.2, 0) is 19.3 Å². The molecule has 4 aromatic rings. The summed E-state index contributed by atoms with van der Waals surface area (Å²) in [6.45, 7) is 17.7. The molecule has 0 amide bonds. The fourth-order valence-electron chi connectivity index (χ4n) is 9.26. The van der Waals surface area contributed by atoms with Crippen LogP contribution in [0, 0.1) is 6.92 Å². The normalized spacial score (nSPS) is 17.2. The molecule has 0 spiro atoms. The van der Waals surface area contributed by atoms with Crippen molar-refractivity contribution >= 4 is 11.8 Å². The number of phenols is 3. The van der Waals surface area contributed by atoms with E-state index in [2.05, 4.69) is 116 Å². The molecule has 1 saturated carbocycles. The summed E-state index contributed by atoms with van der Waals surface area (Å²) in [7, 11) is 0. The van der Waals surface area contributed by atoms with E-state index in [0.29, 0.717) is 23.2 Å². The molecule has 310 valence electrons. The molecule has 1 fully saturated rings. The Balaban J connectivity index is 1.58. The van der Waals surface area contributed by atoms with Crippen molar-refractivity contribution < 1.29 is 15.3 Å². The maximum absolute atomic E-state index is 12.0. The van der Waals surface area contributed by atoms with Gasteiger partial charge in [-0.25, -0.2) is 0 Å². The third kappa shape index (κ3) is 11.2. The van der Waals surface area contributed by atoms with Crippen LogP contribution in [0.15, 0.2) is 65.6 Å². The first-order valence-electron chi connectivity index (χ1n) is 22.8. The highest BCUT2D eigenvalue weighted by atomic mass is 32.2. The lowest BCUT2D eigenvalue weighted by molar-refractivity contribution is 0.402. The van der Waals surface area contributed by atoms with Crippen LogP contribution in [0.4, 0.5) is 0 Å². The number of aromatic hydroxyl groups is 3. The summed E-state index contributed by atoms with van der Waals surface area (Å²) in [4.78, 5) is 1.00. The predicted molar refractivity (Wildman–Crippen MR) is 246 cm³/mol. The Morgan fingerprint density at radius 3 is 1.70 bits per heavy atom. The first-order chi connectivity index (χ1) is 27.5. The van der Waals surface area contributed by atoms with Crippen molar-refractivity contribution in [2.75, 3.05) is 0 Å². The van der Waals surface area contributed by atoms with Gasteiger partial charge in [-0.05, 0) is 144 Å². The molecule has 5 rings (SSSR count). The Morgan fingerprint density at radius 2 is 1.16 bits per heavy atom. The van der Waals surface area contributed by atoms with E-state index in [4.69, 9.17) is 0 Å².